The van der Waals surface area contributed by atoms with E-state index in [2.05, 4.69) is 21.3 Å². The van der Waals surface area contributed by atoms with Crippen molar-refractivity contribution in [3.8, 4) is 0 Å². The van der Waals surface area contributed by atoms with Crippen LogP contribution < -0.4 is 32.7 Å². The second-order valence-corrected chi connectivity index (χ2v) is 9.54. The van der Waals surface area contributed by atoms with E-state index in [1.807, 2.05) is 0 Å². The maximum atomic E-state index is 12.7. The van der Waals surface area contributed by atoms with Crippen LogP contribution in [0.15, 0.2) is 0 Å². The lowest BCUT2D eigenvalue weighted by Gasteiger charge is -2.22. The molecule has 48 heavy (non-hydrogen) atoms. The lowest BCUT2D eigenvalue weighted by molar-refractivity contribution is -0.193. The smallest absolute Gasteiger partial charge is 0.480 e. The number of carboxylic acid groups (broad SMARTS) is 4. The summed E-state index contributed by atoms with van der Waals surface area (Å²) in [6.07, 6.45) is -9.42. The summed E-state index contributed by atoms with van der Waals surface area (Å²) in [4.78, 5) is 88.8. The van der Waals surface area contributed by atoms with E-state index in [9.17, 15) is 60.2 Å². The summed E-state index contributed by atoms with van der Waals surface area (Å²) in [5.41, 5.74) is 10.9. The molecule has 24 heteroatoms. The van der Waals surface area contributed by atoms with Gasteiger partial charge >= 0.3 is 36.2 Å². The first-order valence-corrected chi connectivity index (χ1v) is 13.4. The van der Waals surface area contributed by atoms with Crippen molar-refractivity contribution in [2.45, 2.75) is 95.4 Å². The van der Waals surface area contributed by atoms with Crippen molar-refractivity contribution in [3.63, 3.8) is 0 Å². The van der Waals surface area contributed by atoms with Crippen molar-refractivity contribution in [2.24, 2.45) is 11.5 Å². The Morgan fingerprint density at radius 1 is 0.604 bits per heavy atom. The number of hydrogen-bond donors (Lipinski definition) is 10. The van der Waals surface area contributed by atoms with Crippen molar-refractivity contribution in [2.75, 3.05) is 6.54 Å². The van der Waals surface area contributed by atoms with Crippen LogP contribution >= 0.6 is 0 Å². The first-order chi connectivity index (χ1) is 21.7. The largest absolute Gasteiger partial charge is 0.490 e. The highest BCUT2D eigenvalue weighted by molar-refractivity contribution is 5.93. The lowest BCUT2D eigenvalue weighted by atomic mass is 10.1. The molecule has 0 aromatic heterocycles. The number of amides is 4. The highest BCUT2D eigenvalue weighted by atomic mass is 19.4. The van der Waals surface area contributed by atoms with Gasteiger partial charge in [-0.1, -0.05) is 0 Å². The Morgan fingerprint density at radius 2 is 1.04 bits per heavy atom. The number of nitrogens with two attached hydrogens (primary N) is 2. The minimum atomic E-state index is -5.08. The van der Waals surface area contributed by atoms with E-state index in [4.69, 9.17) is 36.4 Å². The number of aliphatic carboxylic acids is 4. The third kappa shape index (κ3) is 23.6. The van der Waals surface area contributed by atoms with Gasteiger partial charge in [0.25, 0.3) is 0 Å². The molecular weight excluding hydrogens is 678 g/mol. The number of halogens is 6. The van der Waals surface area contributed by atoms with E-state index in [1.165, 1.54) is 20.8 Å². The van der Waals surface area contributed by atoms with Crippen LogP contribution in [0.4, 0.5) is 26.3 Å². The minimum Gasteiger partial charge on any atom is -0.480 e. The molecule has 0 unspecified atom stereocenters. The average molecular weight is 717 g/mol. The molecule has 0 bridgehead atoms. The van der Waals surface area contributed by atoms with Crippen molar-refractivity contribution in [1.82, 2.24) is 21.3 Å². The topological polar surface area (TPSA) is 318 Å². The maximum absolute atomic E-state index is 12.7. The van der Waals surface area contributed by atoms with Gasteiger partial charge in [-0.05, 0) is 53.0 Å². The summed E-state index contributed by atoms with van der Waals surface area (Å²) in [7, 11) is 0. The summed E-state index contributed by atoms with van der Waals surface area (Å²) in [6.45, 7) is 4.38. The Kier molecular flexibility index (Phi) is 22.6. The number of unbranched alkanes of at least 4 members (excludes halogenated alkanes) is 1. The van der Waals surface area contributed by atoms with Gasteiger partial charge in [0.1, 0.15) is 24.2 Å². The molecular formula is C24H38F6N6O12. The van der Waals surface area contributed by atoms with Gasteiger partial charge in [0.2, 0.25) is 23.6 Å². The van der Waals surface area contributed by atoms with Crippen LogP contribution in [0.5, 0.6) is 0 Å². The number of carbonyl (C=O) groups is 8. The summed E-state index contributed by atoms with van der Waals surface area (Å²) in [5, 5.41) is 41.7. The van der Waals surface area contributed by atoms with Crippen molar-refractivity contribution in [3.05, 3.63) is 0 Å². The van der Waals surface area contributed by atoms with E-state index in [0.29, 0.717) is 19.4 Å². The molecule has 12 N–H and O–H groups in total. The number of nitrogens with one attached hydrogen (secondary N) is 4. The predicted molar refractivity (Wildman–Crippen MR) is 148 cm³/mol. The molecule has 18 nitrogen and oxygen atoms in total. The molecule has 4 amide bonds. The third-order valence-corrected chi connectivity index (χ3v) is 5.25. The van der Waals surface area contributed by atoms with Crippen LogP contribution in [0.2, 0.25) is 0 Å². The zero-order valence-corrected chi connectivity index (χ0v) is 25.6. The van der Waals surface area contributed by atoms with Crippen LogP contribution in [-0.2, 0) is 38.4 Å². The van der Waals surface area contributed by atoms with Gasteiger partial charge in [-0.25, -0.2) is 14.4 Å². The van der Waals surface area contributed by atoms with Gasteiger partial charge in [0.05, 0.1) is 6.04 Å². The zero-order valence-electron chi connectivity index (χ0n) is 25.6. The van der Waals surface area contributed by atoms with E-state index >= 15 is 0 Å². The Balaban J connectivity index is -0.00000119. The summed E-state index contributed by atoms with van der Waals surface area (Å²) in [5.74, 6) is -10.8. The Labute approximate surface area is 267 Å². The zero-order chi connectivity index (χ0) is 38.6. The normalized spacial score (nSPS) is 14.0. The van der Waals surface area contributed by atoms with Crippen LogP contribution in [0, 0.1) is 0 Å². The Hall–Kier alpha value is -4.74. The molecule has 0 rings (SSSR count). The first kappa shape index (κ1) is 47.7. The fourth-order valence-electron chi connectivity index (χ4n) is 2.64. The van der Waals surface area contributed by atoms with Crippen molar-refractivity contribution < 1.29 is 85.1 Å². The number of carbonyl (C=O) groups excluding carboxylic acids is 4. The van der Waals surface area contributed by atoms with E-state index in [1.54, 1.807) is 0 Å². The van der Waals surface area contributed by atoms with Crippen LogP contribution in [0.1, 0.15) is 52.9 Å². The molecule has 0 aliphatic carbocycles. The van der Waals surface area contributed by atoms with Crippen molar-refractivity contribution in [1.29, 1.82) is 0 Å². The van der Waals surface area contributed by atoms with Crippen LogP contribution in [0.3, 0.4) is 0 Å². The molecule has 0 heterocycles. The number of rotatable bonds is 16. The maximum Gasteiger partial charge on any atom is 0.490 e. The van der Waals surface area contributed by atoms with E-state index in [0.717, 1.165) is 0 Å². The van der Waals surface area contributed by atoms with Crippen molar-refractivity contribution >= 4 is 47.5 Å². The van der Waals surface area contributed by atoms with Gasteiger partial charge in [0, 0.05) is 6.42 Å². The van der Waals surface area contributed by atoms with E-state index < -0.39 is 90.1 Å². The minimum absolute atomic E-state index is 0.207. The third-order valence-electron chi connectivity index (χ3n) is 5.25. The van der Waals surface area contributed by atoms with Gasteiger partial charge in [0.15, 0.2) is 0 Å². The highest BCUT2D eigenvalue weighted by Crippen LogP contribution is 2.13. The molecule has 0 fully saturated rings. The van der Waals surface area contributed by atoms with Gasteiger partial charge < -0.3 is 53.2 Å². The predicted octanol–water partition coefficient (Wildman–Crippen LogP) is -1.34. The molecule has 0 aliphatic heterocycles. The molecule has 0 spiro atoms. The molecule has 0 saturated carbocycles. The average Bonchev–Trinajstić information content (AvgIpc) is 2.93. The van der Waals surface area contributed by atoms with Gasteiger partial charge in [-0.2, -0.15) is 26.3 Å². The molecule has 0 aromatic rings. The molecule has 5 atom stereocenters. The summed E-state index contributed by atoms with van der Waals surface area (Å²) < 4.78 is 63.5. The fraction of sp³-hybridized carbons (Fsp3) is 0.667. The lowest BCUT2D eigenvalue weighted by Crippen LogP contribution is -2.54. The molecule has 278 valence electrons. The van der Waals surface area contributed by atoms with Gasteiger partial charge in [-0.3, -0.25) is 24.0 Å². The quantitative estimate of drug-likeness (QED) is 0.0653. The molecule has 0 radical (unpaired) electrons. The Bertz CT molecular complexity index is 1100. The molecule has 0 aromatic carbocycles. The number of hydrogen-bond acceptors (Lipinski definition) is 10. The summed E-state index contributed by atoms with van der Waals surface area (Å²) >= 11 is 0. The molecule has 0 saturated heterocycles. The standard InChI is InChI=1S/C20H36N6O8.2C2HF3O2/c1-10(22)16(28)26-14(20(33)34)7-8-15(27)25-13(6-4-5-9-21)18(30)23-11(2)17(29)24-12(3)19(31)32;2*3-2(4,5)1(6)7/h10-14H,4-9,21-22H2,1-3H3,(H,23,30)(H,24,29)(H,25,27)(H,26,28)(H,31,32)(H,33,34);2*(H,6,7)/t10-,11+,12+,13-,14+;;/m0../s1. The number of alkyl halides is 6. The van der Waals surface area contributed by atoms with Crippen LogP contribution in [-0.4, -0.2) is 117 Å². The van der Waals surface area contributed by atoms with Crippen LogP contribution in [0.25, 0.3) is 0 Å². The second kappa shape index (κ2) is 22.7. The Morgan fingerprint density at radius 3 is 1.40 bits per heavy atom. The molecule has 0 aliphatic rings. The highest BCUT2D eigenvalue weighted by Gasteiger charge is 2.39. The fourth-order valence-corrected chi connectivity index (χ4v) is 2.64. The SMILES string of the molecule is C[C@H](N)C(=O)N[C@H](CCC(=O)N[C@@H](CCCCN)C(=O)N[C@H](C)C(=O)N[C@H](C)C(=O)O)C(=O)O.O=C(O)C(F)(F)F.O=C(O)C(F)(F)F. The number of carboxylic acids is 4. The first-order valence-electron chi connectivity index (χ1n) is 13.4. The summed E-state index contributed by atoms with van der Waals surface area (Å²) in [6, 6.07) is -5.53. The van der Waals surface area contributed by atoms with E-state index in [-0.39, 0.29) is 19.3 Å². The second-order valence-electron chi connectivity index (χ2n) is 9.54. The monoisotopic (exact) mass is 716 g/mol. The van der Waals surface area contributed by atoms with Gasteiger partial charge in [-0.15, -0.1) is 0 Å².